The standard InChI is InChI=1S/C17H21N3O4S/c1-12-16(10-18-19(12)2)25(23,24)20-8-4-7-15(11-20)13-5-3-6-14(9-13)17(21)22/h3,5-6,9-10,15H,4,7-8,11H2,1-2H3,(H,21,22). The van der Waals surface area contributed by atoms with E-state index in [4.69, 9.17) is 5.11 Å². The van der Waals surface area contributed by atoms with Gasteiger partial charge in [-0.2, -0.15) is 9.40 Å². The lowest BCUT2D eigenvalue weighted by molar-refractivity contribution is 0.0696. The van der Waals surface area contributed by atoms with Gasteiger partial charge in [-0.3, -0.25) is 4.68 Å². The van der Waals surface area contributed by atoms with Crippen LogP contribution < -0.4 is 0 Å². The Bertz CT molecular complexity index is 904. The highest BCUT2D eigenvalue weighted by molar-refractivity contribution is 7.89. The number of piperidine rings is 1. The summed E-state index contributed by atoms with van der Waals surface area (Å²) in [5.74, 6) is -0.993. The van der Waals surface area contributed by atoms with Crippen LogP contribution in [-0.2, 0) is 17.1 Å². The van der Waals surface area contributed by atoms with Crippen LogP contribution in [0.5, 0.6) is 0 Å². The van der Waals surface area contributed by atoms with Crippen LogP contribution in [0.1, 0.15) is 40.4 Å². The van der Waals surface area contributed by atoms with E-state index in [0.29, 0.717) is 18.8 Å². The number of aromatic nitrogens is 2. The average molecular weight is 363 g/mol. The van der Waals surface area contributed by atoms with Crippen LogP contribution in [0.15, 0.2) is 35.4 Å². The summed E-state index contributed by atoms with van der Waals surface area (Å²) < 4.78 is 28.9. The van der Waals surface area contributed by atoms with Gasteiger partial charge in [0.1, 0.15) is 4.90 Å². The fourth-order valence-electron chi connectivity index (χ4n) is 3.23. The highest BCUT2D eigenvalue weighted by Gasteiger charge is 2.33. The first kappa shape index (κ1) is 17.6. The summed E-state index contributed by atoms with van der Waals surface area (Å²) in [5.41, 5.74) is 1.69. The van der Waals surface area contributed by atoms with E-state index < -0.39 is 16.0 Å². The van der Waals surface area contributed by atoms with Crippen molar-refractivity contribution in [3.8, 4) is 0 Å². The third-order valence-corrected chi connectivity index (χ3v) is 6.77. The third kappa shape index (κ3) is 3.32. The molecule has 0 amide bonds. The predicted octanol–water partition coefficient (Wildman–Crippen LogP) is 2.00. The van der Waals surface area contributed by atoms with Crippen molar-refractivity contribution in [2.45, 2.75) is 30.6 Å². The number of carboxylic acid groups (broad SMARTS) is 1. The van der Waals surface area contributed by atoms with E-state index in [1.807, 2.05) is 6.07 Å². The second-order valence-electron chi connectivity index (χ2n) is 6.35. The van der Waals surface area contributed by atoms with E-state index in [2.05, 4.69) is 5.10 Å². The minimum Gasteiger partial charge on any atom is -0.478 e. The van der Waals surface area contributed by atoms with Gasteiger partial charge in [0.05, 0.1) is 17.5 Å². The molecule has 1 aliphatic rings. The molecule has 0 aliphatic carbocycles. The number of sulfonamides is 1. The maximum atomic E-state index is 13.0. The first-order chi connectivity index (χ1) is 11.8. The van der Waals surface area contributed by atoms with E-state index in [-0.39, 0.29) is 16.4 Å². The minimum atomic E-state index is -3.61. The van der Waals surface area contributed by atoms with Crippen molar-refractivity contribution in [2.75, 3.05) is 13.1 Å². The van der Waals surface area contributed by atoms with Gasteiger partial charge in [-0.25, -0.2) is 13.2 Å². The lowest BCUT2D eigenvalue weighted by Crippen LogP contribution is -2.39. The number of hydrogen-bond donors (Lipinski definition) is 1. The Kier molecular flexibility index (Phi) is 4.66. The molecular formula is C17H21N3O4S. The second kappa shape index (κ2) is 6.61. The number of rotatable bonds is 4. The molecule has 0 saturated carbocycles. The van der Waals surface area contributed by atoms with Crippen molar-refractivity contribution in [2.24, 2.45) is 7.05 Å². The highest BCUT2D eigenvalue weighted by Crippen LogP contribution is 2.31. The molecule has 0 radical (unpaired) electrons. The van der Waals surface area contributed by atoms with E-state index in [1.165, 1.54) is 10.5 Å². The number of nitrogens with zero attached hydrogens (tertiary/aromatic N) is 3. The quantitative estimate of drug-likeness (QED) is 0.897. The Morgan fingerprint density at radius 1 is 1.36 bits per heavy atom. The molecule has 3 rings (SSSR count). The molecule has 0 bridgehead atoms. The van der Waals surface area contributed by atoms with Crippen molar-refractivity contribution in [3.05, 3.63) is 47.3 Å². The lowest BCUT2D eigenvalue weighted by Gasteiger charge is -2.32. The van der Waals surface area contributed by atoms with Gasteiger partial charge in [0.15, 0.2) is 0 Å². The molecule has 1 aromatic heterocycles. The second-order valence-corrected chi connectivity index (χ2v) is 8.26. The van der Waals surface area contributed by atoms with Crippen LogP contribution in [0, 0.1) is 6.92 Å². The number of aryl methyl sites for hydroxylation is 1. The Morgan fingerprint density at radius 3 is 2.76 bits per heavy atom. The Balaban J connectivity index is 1.87. The van der Waals surface area contributed by atoms with Gasteiger partial charge in [0.25, 0.3) is 0 Å². The molecule has 7 nitrogen and oxygen atoms in total. The van der Waals surface area contributed by atoms with Crippen LogP contribution in [0.2, 0.25) is 0 Å². The van der Waals surface area contributed by atoms with Gasteiger partial charge in [0, 0.05) is 20.1 Å². The maximum absolute atomic E-state index is 13.0. The smallest absolute Gasteiger partial charge is 0.335 e. The van der Waals surface area contributed by atoms with Gasteiger partial charge < -0.3 is 5.11 Å². The van der Waals surface area contributed by atoms with E-state index in [1.54, 1.807) is 36.9 Å². The monoisotopic (exact) mass is 363 g/mol. The molecule has 0 spiro atoms. The third-order valence-electron chi connectivity index (χ3n) is 4.80. The molecule has 25 heavy (non-hydrogen) atoms. The van der Waals surface area contributed by atoms with E-state index in [0.717, 1.165) is 18.4 Å². The van der Waals surface area contributed by atoms with E-state index in [9.17, 15) is 13.2 Å². The summed E-state index contributed by atoms with van der Waals surface area (Å²) in [6.07, 6.45) is 2.96. The summed E-state index contributed by atoms with van der Waals surface area (Å²) in [5, 5.41) is 13.2. The zero-order chi connectivity index (χ0) is 18.2. The molecule has 8 heteroatoms. The normalized spacial score (nSPS) is 19.0. The van der Waals surface area contributed by atoms with Gasteiger partial charge >= 0.3 is 5.97 Å². The molecule has 1 N–H and O–H groups in total. The fourth-order valence-corrected chi connectivity index (χ4v) is 4.94. The van der Waals surface area contributed by atoms with Crippen LogP contribution in [0.4, 0.5) is 0 Å². The number of aromatic carboxylic acids is 1. The van der Waals surface area contributed by atoms with Crippen molar-refractivity contribution >= 4 is 16.0 Å². The molecule has 1 saturated heterocycles. The Labute approximate surface area is 146 Å². The number of carbonyl (C=O) groups is 1. The molecule has 1 aromatic carbocycles. The zero-order valence-electron chi connectivity index (χ0n) is 14.2. The molecule has 2 aromatic rings. The van der Waals surface area contributed by atoms with Crippen LogP contribution in [0.25, 0.3) is 0 Å². The first-order valence-electron chi connectivity index (χ1n) is 8.12. The first-order valence-corrected chi connectivity index (χ1v) is 9.56. The molecule has 1 unspecified atom stereocenters. The van der Waals surface area contributed by atoms with Crippen LogP contribution in [0.3, 0.4) is 0 Å². The summed E-state index contributed by atoms with van der Waals surface area (Å²) in [6, 6.07) is 6.75. The maximum Gasteiger partial charge on any atom is 0.335 e. The summed E-state index contributed by atoms with van der Waals surface area (Å²) in [4.78, 5) is 11.4. The zero-order valence-corrected chi connectivity index (χ0v) is 15.0. The highest BCUT2D eigenvalue weighted by atomic mass is 32.2. The largest absolute Gasteiger partial charge is 0.478 e. The summed E-state index contributed by atoms with van der Waals surface area (Å²) in [6.45, 7) is 2.54. The molecule has 1 atom stereocenters. The minimum absolute atomic E-state index is 0.0141. The van der Waals surface area contributed by atoms with Crippen molar-refractivity contribution in [1.29, 1.82) is 0 Å². The van der Waals surface area contributed by atoms with Gasteiger partial charge in [-0.15, -0.1) is 0 Å². The number of benzene rings is 1. The van der Waals surface area contributed by atoms with Crippen molar-refractivity contribution in [3.63, 3.8) is 0 Å². The molecular weight excluding hydrogens is 342 g/mol. The fraction of sp³-hybridized carbons (Fsp3) is 0.412. The summed E-state index contributed by atoms with van der Waals surface area (Å²) in [7, 11) is -1.89. The van der Waals surface area contributed by atoms with Crippen LogP contribution >= 0.6 is 0 Å². The SMILES string of the molecule is Cc1c(S(=O)(=O)N2CCCC(c3cccc(C(=O)O)c3)C2)cnn1C. The predicted molar refractivity (Wildman–Crippen MR) is 92.1 cm³/mol. The van der Waals surface area contributed by atoms with Gasteiger partial charge in [-0.1, -0.05) is 12.1 Å². The molecule has 1 aliphatic heterocycles. The number of carboxylic acids is 1. The molecule has 134 valence electrons. The van der Waals surface area contributed by atoms with Crippen LogP contribution in [-0.4, -0.2) is 46.7 Å². The molecule has 2 heterocycles. The topological polar surface area (TPSA) is 92.5 Å². The Morgan fingerprint density at radius 2 is 2.12 bits per heavy atom. The van der Waals surface area contributed by atoms with Gasteiger partial charge in [0.2, 0.25) is 10.0 Å². The number of hydrogen-bond acceptors (Lipinski definition) is 4. The van der Waals surface area contributed by atoms with Gasteiger partial charge in [-0.05, 0) is 43.4 Å². The Hall–Kier alpha value is -2.19. The lowest BCUT2D eigenvalue weighted by atomic mass is 9.91. The van der Waals surface area contributed by atoms with E-state index >= 15 is 0 Å². The average Bonchev–Trinajstić information content (AvgIpc) is 2.95. The van der Waals surface area contributed by atoms with Crippen molar-refractivity contribution in [1.82, 2.24) is 14.1 Å². The summed E-state index contributed by atoms with van der Waals surface area (Å²) >= 11 is 0. The molecule has 1 fully saturated rings. The van der Waals surface area contributed by atoms with Crippen molar-refractivity contribution < 1.29 is 18.3 Å².